The van der Waals surface area contributed by atoms with Crippen molar-refractivity contribution in [2.24, 2.45) is 0 Å². The van der Waals surface area contributed by atoms with Crippen LogP contribution in [0, 0.1) is 11.6 Å². The number of thioether (sulfide) groups is 1. The van der Waals surface area contributed by atoms with Gasteiger partial charge in [-0.2, -0.15) is 0 Å². The van der Waals surface area contributed by atoms with Gasteiger partial charge in [0, 0.05) is 29.1 Å². The molecule has 0 atom stereocenters. The SMILES string of the molecule is O=C(CSc1nnc(Cc2cccs2)n1C1CCCCC1)Nc1cc(F)cc(F)c1. The Kier molecular flexibility index (Phi) is 6.79. The normalized spacial score (nSPS) is 14.7. The second kappa shape index (κ2) is 9.70. The zero-order valence-electron chi connectivity index (χ0n) is 16.3. The highest BCUT2D eigenvalue weighted by atomic mass is 32.2. The fraction of sp³-hybridized carbons (Fsp3) is 0.381. The van der Waals surface area contributed by atoms with Crippen molar-refractivity contribution in [1.82, 2.24) is 14.8 Å². The van der Waals surface area contributed by atoms with Gasteiger partial charge in [0.25, 0.3) is 0 Å². The molecule has 0 unspecified atom stereocenters. The molecule has 1 N–H and O–H groups in total. The summed E-state index contributed by atoms with van der Waals surface area (Å²) < 4.78 is 28.9. The second-order valence-corrected chi connectivity index (χ2v) is 9.29. The van der Waals surface area contributed by atoms with E-state index >= 15 is 0 Å². The summed E-state index contributed by atoms with van der Waals surface area (Å²) in [4.78, 5) is 13.6. The van der Waals surface area contributed by atoms with E-state index in [4.69, 9.17) is 0 Å². The Labute approximate surface area is 181 Å². The number of nitrogens with zero attached hydrogens (tertiary/aromatic N) is 3. The molecule has 1 aliphatic rings. The number of carbonyl (C=O) groups excluding carboxylic acids is 1. The van der Waals surface area contributed by atoms with E-state index in [-0.39, 0.29) is 17.3 Å². The number of hydrogen-bond donors (Lipinski definition) is 1. The van der Waals surface area contributed by atoms with Crippen LogP contribution in [0.5, 0.6) is 0 Å². The number of thiophene rings is 1. The number of carbonyl (C=O) groups is 1. The van der Waals surface area contributed by atoms with E-state index in [1.807, 2.05) is 11.4 Å². The number of nitrogens with one attached hydrogen (secondary N) is 1. The molecule has 1 amide bonds. The third kappa shape index (κ3) is 5.26. The molecule has 3 aromatic rings. The maximum Gasteiger partial charge on any atom is 0.234 e. The predicted molar refractivity (Wildman–Crippen MR) is 115 cm³/mol. The average Bonchev–Trinajstić information content (AvgIpc) is 3.36. The molecule has 1 aliphatic carbocycles. The fourth-order valence-corrected chi connectivity index (χ4v) is 5.28. The van der Waals surface area contributed by atoms with Crippen molar-refractivity contribution >= 4 is 34.7 Å². The van der Waals surface area contributed by atoms with Gasteiger partial charge < -0.3 is 9.88 Å². The lowest BCUT2D eigenvalue weighted by Crippen LogP contribution is -2.18. The largest absolute Gasteiger partial charge is 0.325 e. The van der Waals surface area contributed by atoms with Gasteiger partial charge >= 0.3 is 0 Å². The number of halogens is 2. The van der Waals surface area contributed by atoms with Gasteiger partial charge in [-0.3, -0.25) is 4.79 Å². The smallest absolute Gasteiger partial charge is 0.234 e. The summed E-state index contributed by atoms with van der Waals surface area (Å²) in [5.41, 5.74) is 0.102. The third-order valence-electron chi connectivity index (χ3n) is 5.07. The lowest BCUT2D eigenvalue weighted by Gasteiger charge is -2.25. The number of aromatic nitrogens is 3. The second-order valence-electron chi connectivity index (χ2n) is 7.31. The lowest BCUT2D eigenvalue weighted by atomic mass is 9.95. The van der Waals surface area contributed by atoms with Gasteiger partial charge in [-0.05, 0) is 36.4 Å². The minimum atomic E-state index is -0.729. The molecule has 30 heavy (non-hydrogen) atoms. The first-order valence-electron chi connectivity index (χ1n) is 9.93. The van der Waals surface area contributed by atoms with Gasteiger partial charge in [-0.1, -0.05) is 37.1 Å². The summed E-state index contributed by atoms with van der Waals surface area (Å²) >= 11 is 2.99. The summed E-state index contributed by atoms with van der Waals surface area (Å²) in [7, 11) is 0. The molecule has 9 heteroatoms. The van der Waals surface area contributed by atoms with Gasteiger partial charge in [0.2, 0.25) is 5.91 Å². The van der Waals surface area contributed by atoms with Crippen molar-refractivity contribution in [2.75, 3.05) is 11.1 Å². The standard InChI is InChI=1S/C21H22F2N4OS2/c22-14-9-15(23)11-16(10-14)24-20(28)13-30-21-26-25-19(12-18-7-4-8-29-18)27(21)17-5-2-1-3-6-17/h4,7-11,17H,1-3,5-6,12-13H2,(H,24,28). The minimum absolute atomic E-state index is 0.0853. The zero-order chi connectivity index (χ0) is 20.9. The van der Waals surface area contributed by atoms with E-state index < -0.39 is 11.6 Å². The Morgan fingerprint density at radius 2 is 1.93 bits per heavy atom. The molecule has 1 saturated carbocycles. The first kappa shape index (κ1) is 21.0. The predicted octanol–water partition coefficient (Wildman–Crippen LogP) is 5.44. The fourth-order valence-electron chi connectivity index (χ4n) is 3.75. The molecule has 2 aromatic heterocycles. The van der Waals surface area contributed by atoms with Crippen molar-refractivity contribution in [1.29, 1.82) is 0 Å². The molecule has 0 aliphatic heterocycles. The van der Waals surface area contributed by atoms with Gasteiger partial charge in [-0.15, -0.1) is 21.5 Å². The summed E-state index contributed by atoms with van der Waals surface area (Å²) in [6.07, 6.45) is 6.48. The maximum absolute atomic E-state index is 13.3. The summed E-state index contributed by atoms with van der Waals surface area (Å²) in [5, 5.41) is 14.1. The third-order valence-corrected chi connectivity index (χ3v) is 6.89. The highest BCUT2D eigenvalue weighted by Gasteiger charge is 2.23. The number of benzene rings is 1. The Hall–Kier alpha value is -2.26. The summed E-state index contributed by atoms with van der Waals surface area (Å²) in [6, 6.07) is 7.41. The van der Waals surface area contributed by atoms with E-state index in [1.165, 1.54) is 35.9 Å². The van der Waals surface area contributed by atoms with Crippen LogP contribution in [0.3, 0.4) is 0 Å². The van der Waals surface area contributed by atoms with Gasteiger partial charge in [0.15, 0.2) is 5.16 Å². The quantitative estimate of drug-likeness (QED) is 0.489. The van der Waals surface area contributed by atoms with Crippen LogP contribution < -0.4 is 5.32 Å². The number of amides is 1. The molecule has 1 aromatic carbocycles. The van der Waals surface area contributed by atoms with Crippen LogP contribution in [0.4, 0.5) is 14.5 Å². The summed E-state index contributed by atoms with van der Waals surface area (Å²) in [5.74, 6) is -0.800. The van der Waals surface area contributed by atoms with E-state index in [0.29, 0.717) is 11.2 Å². The molecule has 2 heterocycles. The van der Waals surface area contributed by atoms with Crippen molar-refractivity contribution < 1.29 is 13.6 Å². The Morgan fingerprint density at radius 1 is 1.17 bits per heavy atom. The zero-order valence-corrected chi connectivity index (χ0v) is 17.9. The molecule has 158 valence electrons. The van der Waals surface area contributed by atoms with Crippen LogP contribution in [0.1, 0.15) is 48.8 Å². The van der Waals surface area contributed by atoms with Crippen LogP contribution in [-0.2, 0) is 11.2 Å². The lowest BCUT2D eigenvalue weighted by molar-refractivity contribution is -0.113. The van der Waals surface area contributed by atoms with E-state index in [9.17, 15) is 13.6 Å². The Bertz CT molecular complexity index is 980. The molecule has 0 bridgehead atoms. The van der Waals surface area contributed by atoms with Crippen LogP contribution in [0.2, 0.25) is 0 Å². The average molecular weight is 449 g/mol. The molecule has 0 radical (unpaired) electrons. The summed E-state index contributed by atoms with van der Waals surface area (Å²) in [6.45, 7) is 0. The molecular formula is C21H22F2N4OS2. The molecule has 0 spiro atoms. The topological polar surface area (TPSA) is 59.8 Å². The molecule has 0 saturated heterocycles. The highest BCUT2D eigenvalue weighted by Crippen LogP contribution is 2.33. The molecule has 5 nitrogen and oxygen atoms in total. The van der Waals surface area contributed by atoms with E-state index in [1.54, 1.807) is 11.3 Å². The van der Waals surface area contributed by atoms with Crippen molar-refractivity contribution in [3.05, 3.63) is 58.0 Å². The first-order valence-corrected chi connectivity index (χ1v) is 11.8. The van der Waals surface area contributed by atoms with Crippen LogP contribution in [0.15, 0.2) is 40.9 Å². The highest BCUT2D eigenvalue weighted by molar-refractivity contribution is 7.99. The monoisotopic (exact) mass is 448 g/mol. The molecule has 4 rings (SSSR count). The van der Waals surface area contributed by atoms with Crippen LogP contribution in [-0.4, -0.2) is 26.4 Å². The maximum atomic E-state index is 13.3. The van der Waals surface area contributed by atoms with Gasteiger partial charge in [0.1, 0.15) is 17.5 Å². The number of hydrogen-bond acceptors (Lipinski definition) is 5. The van der Waals surface area contributed by atoms with E-state index in [2.05, 4.69) is 26.1 Å². The molecule has 1 fully saturated rings. The Morgan fingerprint density at radius 3 is 2.63 bits per heavy atom. The number of rotatable bonds is 7. The van der Waals surface area contributed by atoms with E-state index in [0.717, 1.165) is 43.3 Å². The van der Waals surface area contributed by atoms with Crippen molar-refractivity contribution in [3.63, 3.8) is 0 Å². The number of anilines is 1. The van der Waals surface area contributed by atoms with Crippen molar-refractivity contribution in [2.45, 2.75) is 49.7 Å². The Balaban J connectivity index is 1.47. The van der Waals surface area contributed by atoms with Crippen molar-refractivity contribution in [3.8, 4) is 0 Å². The first-order chi connectivity index (χ1) is 14.6. The molecular weight excluding hydrogens is 426 g/mol. The van der Waals surface area contributed by atoms with Crippen LogP contribution in [0.25, 0.3) is 0 Å². The van der Waals surface area contributed by atoms with Gasteiger partial charge in [-0.25, -0.2) is 8.78 Å². The minimum Gasteiger partial charge on any atom is -0.325 e. The van der Waals surface area contributed by atoms with Gasteiger partial charge in [0.05, 0.1) is 5.75 Å². The van der Waals surface area contributed by atoms with Crippen LogP contribution >= 0.6 is 23.1 Å².